The highest BCUT2D eigenvalue weighted by molar-refractivity contribution is 5.70. The van der Waals surface area contributed by atoms with Crippen LogP contribution in [-0.4, -0.2) is 31.3 Å². The second-order valence-corrected chi connectivity index (χ2v) is 18.3. The van der Waals surface area contributed by atoms with Crippen molar-refractivity contribution in [1.82, 2.24) is 0 Å². The smallest absolute Gasteiger partial charge is 0.306 e. The van der Waals surface area contributed by atoms with Gasteiger partial charge in [0.2, 0.25) is 0 Å². The summed E-state index contributed by atoms with van der Waals surface area (Å²) in [6, 6.07) is 30.6. The van der Waals surface area contributed by atoms with Crippen molar-refractivity contribution in [2.75, 3.05) is 13.2 Å². The molecule has 0 N–H and O–H groups in total. The van der Waals surface area contributed by atoms with Gasteiger partial charge in [-0.25, -0.2) is 0 Å². The molecule has 3 aromatic rings. The normalized spacial score (nSPS) is 12.0. The number of carbonyl (C=O) groups is 2. The van der Waals surface area contributed by atoms with Gasteiger partial charge < -0.3 is 14.2 Å². The van der Waals surface area contributed by atoms with Crippen molar-refractivity contribution in [2.45, 2.75) is 231 Å². The quantitative estimate of drug-likeness (QED) is 0.0323. The lowest BCUT2D eigenvalue weighted by atomic mass is 9.80. The van der Waals surface area contributed by atoms with Gasteiger partial charge in [-0.2, -0.15) is 0 Å². The summed E-state index contributed by atoms with van der Waals surface area (Å²) < 4.78 is 19.0. The lowest BCUT2D eigenvalue weighted by Gasteiger charge is -2.37. The van der Waals surface area contributed by atoms with Crippen molar-refractivity contribution in [2.24, 2.45) is 0 Å². The maximum Gasteiger partial charge on any atom is 0.306 e. The number of benzene rings is 3. The van der Waals surface area contributed by atoms with Gasteiger partial charge in [0.15, 0.2) is 6.10 Å². The fourth-order valence-electron chi connectivity index (χ4n) is 8.89. The zero-order chi connectivity index (χ0) is 44.7. The average molecular weight is 867 g/mol. The maximum absolute atomic E-state index is 13.4. The third-order valence-corrected chi connectivity index (χ3v) is 12.7. The minimum atomic E-state index is -0.972. The zero-order valence-electron chi connectivity index (χ0n) is 40.3. The number of rotatable bonds is 41. The molecule has 0 saturated carbocycles. The predicted octanol–water partition coefficient (Wildman–Crippen LogP) is 17.0. The van der Waals surface area contributed by atoms with Crippen LogP contribution >= 0.6 is 0 Å². The molecule has 1 atom stereocenters. The van der Waals surface area contributed by atoms with Crippen LogP contribution in [-0.2, 0) is 29.4 Å². The van der Waals surface area contributed by atoms with Crippen molar-refractivity contribution >= 4 is 11.9 Å². The monoisotopic (exact) mass is 867 g/mol. The Balaban J connectivity index is 1.47. The fraction of sp³-hybridized carbons (Fsp3) is 0.655. The number of carbonyl (C=O) groups excluding carboxylic acids is 2. The number of esters is 2. The van der Waals surface area contributed by atoms with Gasteiger partial charge >= 0.3 is 11.9 Å². The number of ether oxygens (including phenoxy) is 3. The molecule has 0 spiro atoms. The molecule has 0 fully saturated rings. The van der Waals surface area contributed by atoms with E-state index in [1.165, 1.54) is 154 Å². The van der Waals surface area contributed by atoms with Gasteiger partial charge in [0.05, 0.1) is 6.61 Å². The third kappa shape index (κ3) is 24.4. The standard InChI is InChI=1S/C58H90O5/c1-3-5-7-9-11-13-15-17-19-21-23-25-27-29-40-48-56(59)61-50-55(63-57(60)49-41-30-28-26-24-22-20-18-16-14-12-10-8-6-4-2)51-62-58(52-42-34-31-35-43-52,53-44-36-32-37-45-53)54-46-38-33-39-47-54/h31-39,42-47,55H,3-30,40-41,48-51H2,1-2H3/t55-/m1/s1. The molecule has 0 heterocycles. The SMILES string of the molecule is CCCCCCCCCCCCCCCCCC(=O)OC[C@H](COC(c1ccccc1)(c1ccccc1)c1ccccc1)OC(=O)CCCCCCCCCCCCCCCCC. The van der Waals surface area contributed by atoms with E-state index in [0.717, 1.165) is 55.2 Å². The molecule has 0 aliphatic heterocycles. The van der Waals surface area contributed by atoms with Crippen LogP contribution in [0, 0.1) is 0 Å². The van der Waals surface area contributed by atoms with Crippen LogP contribution in [0.3, 0.4) is 0 Å². The Morgan fingerprint density at radius 2 is 0.667 bits per heavy atom. The molecule has 0 aromatic heterocycles. The van der Waals surface area contributed by atoms with Crippen LogP contribution in [0.15, 0.2) is 91.0 Å². The first-order valence-corrected chi connectivity index (χ1v) is 26.3. The molecule has 0 radical (unpaired) electrons. The summed E-state index contributed by atoms with van der Waals surface area (Å²) in [5.41, 5.74) is 1.93. The van der Waals surface area contributed by atoms with Gasteiger partial charge in [0.1, 0.15) is 12.2 Å². The molecule has 0 bridgehead atoms. The number of hydrogen-bond acceptors (Lipinski definition) is 5. The minimum Gasteiger partial charge on any atom is -0.462 e. The second-order valence-electron chi connectivity index (χ2n) is 18.3. The fourth-order valence-corrected chi connectivity index (χ4v) is 8.89. The summed E-state index contributed by atoms with van der Waals surface area (Å²) in [6.07, 6.45) is 38.4. The summed E-state index contributed by atoms with van der Waals surface area (Å²) in [7, 11) is 0. The van der Waals surface area contributed by atoms with E-state index in [1.807, 2.05) is 54.6 Å². The predicted molar refractivity (Wildman–Crippen MR) is 265 cm³/mol. The van der Waals surface area contributed by atoms with Gasteiger partial charge in [-0.1, -0.05) is 285 Å². The summed E-state index contributed by atoms with van der Waals surface area (Å²) in [5, 5.41) is 0. The van der Waals surface area contributed by atoms with Crippen molar-refractivity contribution < 1.29 is 23.8 Å². The van der Waals surface area contributed by atoms with Crippen LogP contribution in [0.5, 0.6) is 0 Å². The molecule has 0 aliphatic rings. The molecule has 3 aromatic carbocycles. The largest absolute Gasteiger partial charge is 0.462 e. The Kier molecular flexibility index (Phi) is 31.5. The summed E-state index contributed by atoms with van der Waals surface area (Å²) >= 11 is 0. The maximum atomic E-state index is 13.4. The van der Waals surface area contributed by atoms with E-state index in [1.54, 1.807) is 0 Å². The van der Waals surface area contributed by atoms with Crippen LogP contribution < -0.4 is 0 Å². The summed E-state index contributed by atoms with van der Waals surface area (Å²) in [4.78, 5) is 26.4. The summed E-state index contributed by atoms with van der Waals surface area (Å²) in [5.74, 6) is -0.505. The van der Waals surface area contributed by atoms with E-state index in [-0.39, 0.29) is 25.2 Å². The molecular formula is C58H90O5. The van der Waals surface area contributed by atoms with Gasteiger partial charge in [-0.15, -0.1) is 0 Å². The molecule has 3 rings (SSSR count). The van der Waals surface area contributed by atoms with E-state index < -0.39 is 11.7 Å². The molecule has 0 amide bonds. The first-order valence-electron chi connectivity index (χ1n) is 26.3. The van der Waals surface area contributed by atoms with Gasteiger partial charge in [-0.05, 0) is 29.5 Å². The Morgan fingerprint density at radius 3 is 0.984 bits per heavy atom. The highest BCUT2D eigenvalue weighted by atomic mass is 16.6. The Morgan fingerprint density at radius 1 is 0.381 bits per heavy atom. The molecule has 352 valence electrons. The molecule has 5 nitrogen and oxygen atoms in total. The van der Waals surface area contributed by atoms with Crippen molar-refractivity contribution in [3.8, 4) is 0 Å². The lowest BCUT2D eigenvalue weighted by molar-refractivity contribution is -0.165. The zero-order valence-corrected chi connectivity index (χ0v) is 40.3. The molecule has 0 aliphatic carbocycles. The van der Waals surface area contributed by atoms with Crippen molar-refractivity contribution in [3.05, 3.63) is 108 Å². The summed E-state index contributed by atoms with van der Waals surface area (Å²) in [6.45, 7) is 4.59. The minimum absolute atomic E-state index is 0.0311. The van der Waals surface area contributed by atoms with Crippen LogP contribution in [0.25, 0.3) is 0 Å². The molecule has 0 unspecified atom stereocenters. The first kappa shape index (κ1) is 53.9. The number of hydrogen-bond donors (Lipinski definition) is 0. The Hall–Kier alpha value is -3.44. The highest BCUT2D eigenvalue weighted by Crippen LogP contribution is 2.40. The van der Waals surface area contributed by atoms with Crippen molar-refractivity contribution in [1.29, 1.82) is 0 Å². The van der Waals surface area contributed by atoms with Crippen molar-refractivity contribution in [3.63, 3.8) is 0 Å². The molecule has 63 heavy (non-hydrogen) atoms. The van der Waals surface area contributed by atoms with Gasteiger partial charge in [0.25, 0.3) is 0 Å². The Bertz CT molecular complexity index is 1390. The van der Waals surface area contributed by atoms with E-state index >= 15 is 0 Å². The molecule has 5 heteroatoms. The number of unbranched alkanes of at least 4 members (excludes halogenated alkanes) is 28. The van der Waals surface area contributed by atoms with Gasteiger partial charge in [0, 0.05) is 12.8 Å². The first-order chi connectivity index (χ1) is 31.1. The van der Waals surface area contributed by atoms with Crippen LogP contribution in [0.1, 0.15) is 236 Å². The average Bonchev–Trinajstić information content (AvgIpc) is 3.31. The van der Waals surface area contributed by atoms with E-state index in [0.29, 0.717) is 12.8 Å². The van der Waals surface area contributed by atoms with Crippen LogP contribution in [0.4, 0.5) is 0 Å². The van der Waals surface area contributed by atoms with E-state index in [2.05, 4.69) is 50.2 Å². The lowest BCUT2D eigenvalue weighted by Crippen LogP contribution is -2.38. The Labute approximate surface area is 386 Å². The van der Waals surface area contributed by atoms with E-state index in [9.17, 15) is 9.59 Å². The highest BCUT2D eigenvalue weighted by Gasteiger charge is 2.38. The van der Waals surface area contributed by atoms with Gasteiger partial charge in [-0.3, -0.25) is 9.59 Å². The topological polar surface area (TPSA) is 61.8 Å². The third-order valence-electron chi connectivity index (χ3n) is 12.7. The second kappa shape index (κ2) is 36.9. The van der Waals surface area contributed by atoms with E-state index in [4.69, 9.17) is 14.2 Å². The van der Waals surface area contributed by atoms with Crippen LogP contribution in [0.2, 0.25) is 0 Å². The molecular weight excluding hydrogens is 777 g/mol. The molecule has 0 saturated heterocycles.